The number of carbonyl (C=O) groups is 4. The SMILES string of the molecule is Nc1nnc(-c2ccccc2O)cc1OCCc1ccc(CNCCCC2CN(c3ccc4c(c3)C(=O)N(C3CCC(=O)NC3=O)C4=O)C2)cc1. The molecule has 3 aromatic carbocycles. The Bertz CT molecular complexity index is 1980. The molecule has 1 atom stereocenters. The number of anilines is 2. The Labute approximate surface area is 294 Å². The van der Waals surface area contributed by atoms with Gasteiger partial charge in [0.25, 0.3) is 11.8 Å². The number of imide groups is 2. The van der Waals surface area contributed by atoms with Crippen molar-refractivity contribution in [3.8, 4) is 22.8 Å². The number of aromatic hydroxyl groups is 1. The molecule has 13 heteroatoms. The van der Waals surface area contributed by atoms with Crippen molar-refractivity contribution in [2.24, 2.45) is 5.92 Å². The normalized spacial score (nSPS) is 17.4. The van der Waals surface area contributed by atoms with Crippen molar-refractivity contribution in [3.05, 3.63) is 95.1 Å². The summed E-state index contributed by atoms with van der Waals surface area (Å²) in [5.74, 6) is -0.683. The van der Waals surface area contributed by atoms with Crippen LogP contribution >= 0.6 is 0 Å². The average molecular weight is 690 g/mol. The zero-order valence-corrected chi connectivity index (χ0v) is 28.0. The van der Waals surface area contributed by atoms with Crippen LogP contribution in [-0.4, -0.2) is 76.1 Å². The number of carbonyl (C=O) groups excluding carboxylic acids is 4. The molecule has 51 heavy (non-hydrogen) atoms. The largest absolute Gasteiger partial charge is 0.507 e. The fraction of sp³-hybridized carbons (Fsp3) is 0.316. The molecular formula is C38H39N7O6. The lowest BCUT2D eigenvalue weighted by Gasteiger charge is -2.41. The molecule has 2 fully saturated rings. The van der Waals surface area contributed by atoms with E-state index in [-0.39, 0.29) is 24.4 Å². The van der Waals surface area contributed by atoms with Gasteiger partial charge >= 0.3 is 0 Å². The maximum atomic E-state index is 13.2. The summed E-state index contributed by atoms with van der Waals surface area (Å²) in [5.41, 5.74) is 10.9. The summed E-state index contributed by atoms with van der Waals surface area (Å²) in [6.45, 7) is 3.86. The van der Waals surface area contributed by atoms with Crippen molar-refractivity contribution < 1.29 is 29.0 Å². The Morgan fingerprint density at radius 1 is 0.902 bits per heavy atom. The van der Waals surface area contributed by atoms with E-state index in [1.54, 1.807) is 36.4 Å². The van der Waals surface area contributed by atoms with Crippen molar-refractivity contribution in [3.63, 3.8) is 0 Å². The van der Waals surface area contributed by atoms with Crippen LogP contribution in [0.5, 0.6) is 11.5 Å². The van der Waals surface area contributed by atoms with E-state index in [4.69, 9.17) is 10.5 Å². The number of hydrogen-bond donors (Lipinski definition) is 4. The van der Waals surface area contributed by atoms with Gasteiger partial charge in [-0.25, -0.2) is 0 Å². The molecule has 2 saturated heterocycles. The van der Waals surface area contributed by atoms with Gasteiger partial charge in [0.2, 0.25) is 11.8 Å². The van der Waals surface area contributed by atoms with E-state index < -0.39 is 29.7 Å². The van der Waals surface area contributed by atoms with Crippen LogP contribution in [0.1, 0.15) is 57.5 Å². The van der Waals surface area contributed by atoms with Gasteiger partial charge in [-0.2, -0.15) is 0 Å². The molecule has 5 N–H and O–H groups in total. The summed E-state index contributed by atoms with van der Waals surface area (Å²) in [5, 5.41) is 24.0. The van der Waals surface area contributed by atoms with Crippen LogP contribution in [-0.2, 0) is 22.6 Å². The summed E-state index contributed by atoms with van der Waals surface area (Å²) in [6, 6.07) is 21.3. The second-order valence-electron chi connectivity index (χ2n) is 13.2. The van der Waals surface area contributed by atoms with Crippen LogP contribution in [0.3, 0.4) is 0 Å². The highest BCUT2D eigenvalue weighted by atomic mass is 16.5. The molecule has 0 radical (unpaired) electrons. The molecule has 13 nitrogen and oxygen atoms in total. The predicted octanol–water partition coefficient (Wildman–Crippen LogP) is 3.46. The number of nitrogens with zero attached hydrogens (tertiary/aromatic N) is 4. The summed E-state index contributed by atoms with van der Waals surface area (Å²) in [4.78, 5) is 53.2. The minimum absolute atomic E-state index is 0.0964. The number of benzene rings is 3. The van der Waals surface area contributed by atoms with E-state index in [9.17, 15) is 24.3 Å². The molecule has 3 aliphatic rings. The highest BCUT2D eigenvalue weighted by molar-refractivity contribution is 6.23. The number of nitrogens with two attached hydrogens (primary N) is 1. The van der Waals surface area contributed by atoms with Crippen molar-refractivity contribution in [2.75, 3.05) is 36.9 Å². The van der Waals surface area contributed by atoms with E-state index in [1.807, 2.05) is 12.1 Å². The van der Waals surface area contributed by atoms with E-state index in [1.165, 1.54) is 5.56 Å². The predicted molar refractivity (Wildman–Crippen MR) is 189 cm³/mol. The zero-order valence-electron chi connectivity index (χ0n) is 28.0. The lowest BCUT2D eigenvalue weighted by molar-refractivity contribution is -0.136. The fourth-order valence-electron chi connectivity index (χ4n) is 6.79. The number of hydrogen-bond acceptors (Lipinski definition) is 11. The summed E-state index contributed by atoms with van der Waals surface area (Å²) >= 11 is 0. The number of piperidine rings is 1. The molecule has 4 amide bonds. The van der Waals surface area contributed by atoms with Gasteiger partial charge in [0.05, 0.1) is 17.7 Å². The number of rotatable bonds is 13. The number of phenols is 1. The van der Waals surface area contributed by atoms with Crippen molar-refractivity contribution in [1.82, 2.24) is 25.7 Å². The van der Waals surface area contributed by atoms with Gasteiger partial charge in [0, 0.05) is 49.8 Å². The Morgan fingerprint density at radius 3 is 2.45 bits per heavy atom. The van der Waals surface area contributed by atoms with Crippen LogP contribution in [0.4, 0.5) is 11.5 Å². The molecule has 7 rings (SSSR count). The molecular weight excluding hydrogens is 650 g/mol. The summed E-state index contributed by atoms with van der Waals surface area (Å²) < 4.78 is 5.91. The topological polar surface area (TPSA) is 180 Å². The Hall–Kier alpha value is -5.82. The lowest BCUT2D eigenvalue weighted by Crippen LogP contribution is -2.54. The standard InChI is InChI=1S/C38H39N7O6/c39-35-33(19-30(42-43-35)28-5-1-2-6-32(28)46)51-17-15-23-7-9-24(10-8-23)20-40-16-3-4-25-21-44(22-25)26-11-12-27-29(18-26)38(50)45(37(27)49)31-13-14-34(47)41-36(31)48/h1-2,5-12,18-19,25,31,40,46H,3-4,13-17,20-22H2,(H2,39,43)(H,41,47,48). The Kier molecular flexibility index (Phi) is 9.62. The zero-order chi connectivity index (χ0) is 35.5. The molecule has 1 aromatic heterocycles. The minimum Gasteiger partial charge on any atom is -0.507 e. The molecule has 262 valence electrons. The van der Waals surface area contributed by atoms with Gasteiger partial charge in [-0.3, -0.25) is 29.4 Å². The van der Waals surface area contributed by atoms with Gasteiger partial charge in [0.1, 0.15) is 17.5 Å². The third-order valence-corrected chi connectivity index (χ3v) is 9.68. The van der Waals surface area contributed by atoms with E-state index >= 15 is 0 Å². The molecule has 3 aliphatic heterocycles. The quantitative estimate of drug-likeness (QED) is 0.119. The lowest BCUT2D eigenvalue weighted by atomic mass is 9.93. The van der Waals surface area contributed by atoms with Crippen LogP contribution in [0.2, 0.25) is 0 Å². The molecule has 0 spiro atoms. The van der Waals surface area contributed by atoms with Crippen LogP contribution in [0.15, 0.2) is 72.8 Å². The average Bonchev–Trinajstić information content (AvgIpc) is 3.35. The minimum atomic E-state index is -0.962. The van der Waals surface area contributed by atoms with E-state index in [2.05, 4.69) is 50.0 Å². The molecule has 0 bridgehead atoms. The highest BCUT2D eigenvalue weighted by Crippen LogP contribution is 2.34. The maximum absolute atomic E-state index is 13.2. The molecule has 0 aliphatic carbocycles. The maximum Gasteiger partial charge on any atom is 0.262 e. The second-order valence-corrected chi connectivity index (χ2v) is 13.2. The van der Waals surface area contributed by atoms with Crippen LogP contribution in [0.25, 0.3) is 11.3 Å². The number of nitrogen functional groups attached to an aromatic ring is 1. The van der Waals surface area contributed by atoms with Crippen molar-refractivity contribution in [2.45, 2.75) is 44.7 Å². The van der Waals surface area contributed by atoms with Crippen LogP contribution in [0, 0.1) is 5.92 Å². The first kappa shape index (κ1) is 33.7. The molecule has 1 unspecified atom stereocenters. The number of amides is 4. The van der Waals surface area contributed by atoms with E-state index in [0.717, 1.165) is 55.2 Å². The third kappa shape index (κ3) is 7.24. The Balaban J connectivity index is 0.803. The van der Waals surface area contributed by atoms with Crippen LogP contribution < -0.4 is 26.0 Å². The number of nitrogens with one attached hydrogen (secondary N) is 2. The number of phenolic OH excluding ortho intramolecular Hbond substituents is 1. The number of fused-ring (bicyclic) bond motifs is 1. The smallest absolute Gasteiger partial charge is 0.262 e. The second kappa shape index (κ2) is 14.6. The van der Waals surface area contributed by atoms with Gasteiger partial charge in [-0.05, 0) is 73.2 Å². The van der Waals surface area contributed by atoms with Gasteiger partial charge < -0.3 is 25.8 Å². The first-order valence-electron chi connectivity index (χ1n) is 17.2. The molecule has 4 heterocycles. The van der Waals surface area contributed by atoms with Gasteiger partial charge in [-0.15, -0.1) is 10.2 Å². The van der Waals surface area contributed by atoms with E-state index in [0.29, 0.717) is 47.1 Å². The van der Waals surface area contributed by atoms with Crippen molar-refractivity contribution in [1.29, 1.82) is 0 Å². The molecule has 4 aromatic rings. The van der Waals surface area contributed by atoms with Gasteiger partial charge in [0.15, 0.2) is 11.6 Å². The number of ether oxygens (including phenoxy) is 1. The fourth-order valence-corrected chi connectivity index (χ4v) is 6.79. The first-order chi connectivity index (χ1) is 24.7. The van der Waals surface area contributed by atoms with Gasteiger partial charge in [-0.1, -0.05) is 36.4 Å². The Morgan fingerprint density at radius 2 is 1.67 bits per heavy atom. The number of para-hydroxylation sites is 1. The summed E-state index contributed by atoms with van der Waals surface area (Å²) in [6.07, 6.45) is 3.06. The highest BCUT2D eigenvalue weighted by Gasteiger charge is 2.45. The summed E-state index contributed by atoms with van der Waals surface area (Å²) in [7, 11) is 0. The molecule has 0 saturated carbocycles. The number of aromatic nitrogens is 2. The monoisotopic (exact) mass is 689 g/mol. The first-order valence-corrected chi connectivity index (χ1v) is 17.2. The third-order valence-electron chi connectivity index (χ3n) is 9.68. The van der Waals surface area contributed by atoms with Crippen molar-refractivity contribution >= 4 is 35.1 Å².